The number of benzene rings is 7. The Balaban J connectivity index is 1.30. The van der Waals surface area contributed by atoms with E-state index in [0.29, 0.717) is 0 Å². The molecule has 0 radical (unpaired) electrons. The highest BCUT2D eigenvalue weighted by molar-refractivity contribution is 6.36. The summed E-state index contributed by atoms with van der Waals surface area (Å²) >= 11 is 0. The van der Waals surface area contributed by atoms with E-state index in [-0.39, 0.29) is 11.3 Å². The summed E-state index contributed by atoms with van der Waals surface area (Å²) in [6.07, 6.45) is 2.09. The Hall–Kier alpha value is -5.21. The number of hydrogen-bond donors (Lipinski definition) is 0. The summed E-state index contributed by atoms with van der Waals surface area (Å²) in [5.41, 5.74) is 13.0. The third-order valence-electron chi connectivity index (χ3n) is 10.7. The summed E-state index contributed by atoms with van der Waals surface area (Å²) in [4.78, 5) is 5.42. The van der Waals surface area contributed by atoms with Gasteiger partial charge in [-0.2, -0.15) is 0 Å². The lowest BCUT2D eigenvalue weighted by Crippen LogP contribution is -2.18. The Kier molecular flexibility index (Phi) is 6.21. The molecule has 0 saturated heterocycles. The Labute approximate surface area is 275 Å². The van der Waals surface area contributed by atoms with Gasteiger partial charge in [-0.15, -0.1) is 0 Å². The molecule has 0 N–H and O–H groups in total. The van der Waals surface area contributed by atoms with Crippen molar-refractivity contribution in [3.05, 3.63) is 149 Å². The number of furan rings is 1. The van der Waals surface area contributed by atoms with E-state index in [1.165, 1.54) is 71.3 Å². The quantitative estimate of drug-likeness (QED) is 0.136. The molecule has 0 spiro atoms. The van der Waals surface area contributed by atoms with Crippen LogP contribution in [0.1, 0.15) is 67.3 Å². The van der Waals surface area contributed by atoms with Crippen molar-refractivity contribution < 1.29 is 4.42 Å². The molecule has 0 fully saturated rings. The van der Waals surface area contributed by atoms with Crippen LogP contribution in [0.3, 0.4) is 0 Å². The van der Waals surface area contributed by atoms with Crippen LogP contribution in [0.15, 0.2) is 131 Å². The minimum Gasteiger partial charge on any atom is -0.456 e. The summed E-state index contributed by atoms with van der Waals surface area (Å²) in [6.45, 7) is 9.21. The summed E-state index contributed by atoms with van der Waals surface area (Å²) in [6, 6.07) is 44.2. The van der Waals surface area contributed by atoms with Gasteiger partial charge < -0.3 is 4.42 Å². The van der Waals surface area contributed by atoms with Crippen LogP contribution in [0.5, 0.6) is 0 Å². The first-order valence-electron chi connectivity index (χ1n) is 16.9. The van der Waals surface area contributed by atoms with Gasteiger partial charge >= 0.3 is 0 Å². The molecule has 1 aliphatic rings. The number of aryl methyl sites for hydroxylation is 1. The van der Waals surface area contributed by atoms with Crippen molar-refractivity contribution >= 4 is 54.9 Å². The van der Waals surface area contributed by atoms with Crippen LogP contribution >= 0.6 is 0 Å². The average molecular weight is 608 g/mol. The summed E-state index contributed by atoms with van der Waals surface area (Å²) < 4.78 is 6.63. The topological polar surface area (TPSA) is 25.5 Å². The number of rotatable bonds is 6. The van der Waals surface area contributed by atoms with E-state index in [9.17, 15) is 0 Å². The molecule has 1 aliphatic carbocycles. The predicted octanol–water partition coefficient (Wildman–Crippen LogP) is 12.6. The van der Waals surface area contributed by atoms with Crippen LogP contribution in [0, 0.1) is 6.92 Å². The van der Waals surface area contributed by atoms with E-state index in [4.69, 9.17) is 9.41 Å². The van der Waals surface area contributed by atoms with Crippen molar-refractivity contribution in [2.45, 2.75) is 51.9 Å². The molecular weight excluding hydrogens is 571 g/mol. The van der Waals surface area contributed by atoms with Crippen LogP contribution in [0.4, 0.5) is 5.69 Å². The molecule has 2 heteroatoms. The number of aliphatic imine (C=N–C) groups is 1. The minimum absolute atomic E-state index is 0.161. The second-order valence-corrected chi connectivity index (χ2v) is 13.8. The molecule has 0 aliphatic heterocycles. The lowest BCUT2D eigenvalue weighted by molar-refractivity contribution is 0.646. The van der Waals surface area contributed by atoms with Gasteiger partial charge in [0.1, 0.15) is 11.2 Å². The fourth-order valence-corrected chi connectivity index (χ4v) is 8.36. The lowest BCUT2D eigenvalue weighted by atomic mass is 9.79. The van der Waals surface area contributed by atoms with Gasteiger partial charge in [0.25, 0.3) is 0 Å². The molecular formula is C45H37NO. The molecule has 1 heterocycles. The van der Waals surface area contributed by atoms with Crippen LogP contribution in [0.2, 0.25) is 0 Å². The van der Waals surface area contributed by atoms with Gasteiger partial charge in [-0.05, 0) is 86.6 Å². The minimum atomic E-state index is -0.198. The van der Waals surface area contributed by atoms with Gasteiger partial charge in [0.05, 0.1) is 11.4 Å². The largest absolute Gasteiger partial charge is 0.456 e. The zero-order valence-electron chi connectivity index (χ0n) is 27.4. The zero-order valence-corrected chi connectivity index (χ0v) is 27.4. The highest BCUT2D eigenvalue weighted by Crippen LogP contribution is 2.56. The molecule has 228 valence electrons. The van der Waals surface area contributed by atoms with Crippen molar-refractivity contribution in [3.63, 3.8) is 0 Å². The van der Waals surface area contributed by atoms with Crippen LogP contribution in [-0.4, -0.2) is 5.71 Å². The van der Waals surface area contributed by atoms with Crippen LogP contribution < -0.4 is 0 Å². The fourth-order valence-electron chi connectivity index (χ4n) is 8.36. The summed E-state index contributed by atoms with van der Waals surface area (Å²) in [5.74, 6) is 0.161. The first-order valence-corrected chi connectivity index (χ1v) is 16.9. The number of nitrogens with zero attached hydrogens (tertiary/aromatic N) is 1. The molecule has 0 amide bonds. The van der Waals surface area contributed by atoms with Crippen molar-refractivity contribution in [2.24, 2.45) is 4.99 Å². The third kappa shape index (κ3) is 4.07. The van der Waals surface area contributed by atoms with E-state index in [0.717, 1.165) is 35.4 Å². The van der Waals surface area contributed by atoms with E-state index < -0.39 is 0 Å². The predicted molar refractivity (Wildman–Crippen MR) is 199 cm³/mol. The Morgan fingerprint density at radius 2 is 1.40 bits per heavy atom. The first kappa shape index (κ1) is 28.0. The average Bonchev–Trinajstić information content (AvgIpc) is 3.58. The van der Waals surface area contributed by atoms with Gasteiger partial charge in [0.15, 0.2) is 0 Å². The van der Waals surface area contributed by atoms with Crippen molar-refractivity contribution in [3.8, 4) is 11.1 Å². The second-order valence-electron chi connectivity index (χ2n) is 13.8. The van der Waals surface area contributed by atoms with E-state index in [2.05, 4.69) is 149 Å². The molecule has 8 aromatic rings. The molecule has 7 aromatic carbocycles. The van der Waals surface area contributed by atoms with Crippen LogP contribution in [0.25, 0.3) is 54.6 Å². The molecule has 1 aromatic heterocycles. The summed E-state index contributed by atoms with van der Waals surface area (Å²) in [5, 5.41) is 7.66. The van der Waals surface area contributed by atoms with Crippen molar-refractivity contribution in [1.82, 2.24) is 0 Å². The van der Waals surface area contributed by atoms with Crippen molar-refractivity contribution in [2.75, 3.05) is 0 Å². The molecule has 1 atom stereocenters. The maximum atomic E-state index is 6.63. The fraction of sp³-hybridized carbons (Fsp3) is 0.178. The van der Waals surface area contributed by atoms with E-state index in [1.54, 1.807) is 0 Å². The first-order chi connectivity index (χ1) is 23.0. The maximum Gasteiger partial charge on any atom is 0.136 e. The Morgan fingerprint density at radius 1 is 0.681 bits per heavy atom. The van der Waals surface area contributed by atoms with Gasteiger partial charge in [-0.3, -0.25) is 4.99 Å². The van der Waals surface area contributed by atoms with Gasteiger partial charge in [-0.1, -0.05) is 130 Å². The highest BCUT2D eigenvalue weighted by Gasteiger charge is 2.39. The molecule has 0 bridgehead atoms. The molecule has 9 rings (SSSR count). The van der Waals surface area contributed by atoms with Crippen molar-refractivity contribution in [1.29, 1.82) is 0 Å². The number of hydrogen-bond acceptors (Lipinski definition) is 2. The standard InChI is InChI=1S/C45H37NO/c1-5-14-30(44(28-16-7-6-8-17-28)46-37-21-12-9-15-27(37)2)29-23-24-34-35(25-29)45(3,4)36-26-39-43-41-32(20-13-22-38(41)47-39)31-18-10-11-19-33(31)42(43)40(34)36/h6-13,15-26,30H,5,14H2,1-4H3. The normalized spacial score (nSPS) is 14.8. The molecule has 2 nitrogen and oxygen atoms in total. The highest BCUT2D eigenvalue weighted by atomic mass is 16.3. The third-order valence-corrected chi connectivity index (χ3v) is 10.7. The molecule has 47 heavy (non-hydrogen) atoms. The summed E-state index contributed by atoms with van der Waals surface area (Å²) in [7, 11) is 0. The van der Waals surface area contributed by atoms with E-state index >= 15 is 0 Å². The number of para-hydroxylation sites is 1. The van der Waals surface area contributed by atoms with Crippen LogP contribution in [-0.2, 0) is 5.41 Å². The lowest BCUT2D eigenvalue weighted by Gasteiger charge is -2.25. The van der Waals surface area contributed by atoms with Gasteiger partial charge in [-0.25, -0.2) is 0 Å². The smallest absolute Gasteiger partial charge is 0.136 e. The zero-order chi connectivity index (χ0) is 31.9. The van der Waals surface area contributed by atoms with Gasteiger partial charge in [0.2, 0.25) is 0 Å². The Bertz CT molecular complexity index is 2510. The number of fused-ring (bicyclic) bond motifs is 7. The van der Waals surface area contributed by atoms with Gasteiger partial charge in [0, 0.05) is 27.5 Å². The SMILES string of the molecule is CCCC(C(=Nc1ccccc1C)c1ccccc1)c1ccc2c(c1)C(C)(C)c1cc3oc4cccc5c6ccccc6c(c1-2)c3c45. The monoisotopic (exact) mass is 607 g/mol. The maximum absolute atomic E-state index is 6.63. The second kappa shape index (κ2) is 10.4. The Morgan fingerprint density at radius 3 is 2.21 bits per heavy atom. The molecule has 1 unspecified atom stereocenters. The molecule has 0 saturated carbocycles. The van der Waals surface area contributed by atoms with E-state index in [1.807, 2.05) is 0 Å².